The van der Waals surface area contributed by atoms with Gasteiger partial charge in [0, 0.05) is 17.5 Å². The lowest BCUT2D eigenvalue weighted by Crippen LogP contribution is -2.16. The van der Waals surface area contributed by atoms with Crippen LogP contribution in [0.4, 0.5) is 5.69 Å². The van der Waals surface area contributed by atoms with Gasteiger partial charge in [-0.15, -0.1) is 0 Å². The second-order valence-electron chi connectivity index (χ2n) is 6.06. The first-order valence-corrected chi connectivity index (χ1v) is 10.1. The number of hydrogen-bond acceptors (Lipinski definition) is 5. The summed E-state index contributed by atoms with van der Waals surface area (Å²) in [6.07, 6.45) is 1.67. The molecule has 0 aliphatic rings. The van der Waals surface area contributed by atoms with Crippen molar-refractivity contribution in [3.05, 3.63) is 53.1 Å². The topological polar surface area (TPSA) is 110 Å². The highest BCUT2D eigenvalue weighted by Crippen LogP contribution is 2.23. The Hall–Kier alpha value is -2.87. The lowest BCUT2D eigenvalue weighted by atomic mass is 10.0. The van der Waals surface area contributed by atoms with Gasteiger partial charge in [-0.1, -0.05) is 13.0 Å². The number of amides is 1. The normalized spacial score (nSPS) is 11.1. The quantitative estimate of drug-likeness (QED) is 0.751. The molecule has 2 rings (SSSR count). The number of carboxylic acid groups (broad SMARTS) is 1. The fourth-order valence-corrected chi connectivity index (χ4v) is 3.15. The number of benzene rings is 2. The van der Waals surface area contributed by atoms with E-state index in [2.05, 4.69) is 5.32 Å². The first-order valence-electron chi connectivity index (χ1n) is 8.21. The maximum Gasteiger partial charge on any atom is 0.341 e. The minimum atomic E-state index is -3.43. The minimum Gasteiger partial charge on any atom is -0.482 e. The fraction of sp³-hybridized carbons (Fsp3) is 0.263. The van der Waals surface area contributed by atoms with Gasteiger partial charge in [-0.3, -0.25) is 4.79 Å². The Balaban J connectivity index is 2.28. The number of nitrogens with one attached hydrogen (secondary N) is 1. The second-order valence-corrected chi connectivity index (χ2v) is 8.07. The summed E-state index contributed by atoms with van der Waals surface area (Å²) in [5.41, 5.74) is 2.24. The first-order chi connectivity index (χ1) is 12.6. The van der Waals surface area contributed by atoms with Gasteiger partial charge < -0.3 is 15.2 Å². The summed E-state index contributed by atoms with van der Waals surface area (Å²) < 4.78 is 28.7. The smallest absolute Gasteiger partial charge is 0.341 e. The van der Waals surface area contributed by atoms with Crippen LogP contribution in [-0.4, -0.2) is 38.3 Å². The molecule has 27 heavy (non-hydrogen) atoms. The summed E-state index contributed by atoms with van der Waals surface area (Å²) in [5, 5.41) is 11.4. The molecule has 0 aromatic heterocycles. The second kappa shape index (κ2) is 8.22. The Kier molecular flexibility index (Phi) is 6.22. The molecule has 0 saturated heterocycles. The van der Waals surface area contributed by atoms with E-state index in [1.807, 2.05) is 6.92 Å². The van der Waals surface area contributed by atoms with Crippen LogP contribution in [0.5, 0.6) is 5.75 Å². The summed E-state index contributed by atoms with van der Waals surface area (Å²) >= 11 is 0. The third-order valence-corrected chi connectivity index (χ3v) is 5.05. The van der Waals surface area contributed by atoms with E-state index in [4.69, 9.17) is 9.84 Å². The van der Waals surface area contributed by atoms with Crippen molar-refractivity contribution < 1.29 is 27.9 Å². The average Bonchev–Trinajstić information content (AvgIpc) is 2.60. The van der Waals surface area contributed by atoms with Gasteiger partial charge in [0.25, 0.3) is 5.91 Å². The van der Waals surface area contributed by atoms with Crippen LogP contribution >= 0.6 is 0 Å². The van der Waals surface area contributed by atoms with Crippen LogP contribution in [0.2, 0.25) is 0 Å². The molecule has 0 heterocycles. The van der Waals surface area contributed by atoms with Crippen LogP contribution in [0.15, 0.2) is 41.3 Å². The monoisotopic (exact) mass is 391 g/mol. The van der Waals surface area contributed by atoms with Crippen LogP contribution in [0, 0.1) is 6.92 Å². The Labute approximate surface area is 157 Å². The molecule has 2 N–H and O–H groups in total. The van der Waals surface area contributed by atoms with Crippen LogP contribution in [0.1, 0.15) is 28.4 Å². The number of rotatable bonds is 7. The molecule has 0 bridgehead atoms. The van der Waals surface area contributed by atoms with Gasteiger partial charge in [0.2, 0.25) is 0 Å². The molecule has 0 aliphatic carbocycles. The Bertz CT molecular complexity index is 982. The average molecular weight is 391 g/mol. The standard InChI is InChI=1S/C19H21NO6S/c1-4-13-5-7-15(27(3,24)25)10-16(13)19(23)20-17-8-6-14(9-12(17)2)26-11-18(21)22/h5-10H,4,11H2,1-3H3,(H,20,23)(H,21,22). The Morgan fingerprint density at radius 1 is 1.15 bits per heavy atom. The van der Waals surface area contributed by atoms with Gasteiger partial charge in [0.15, 0.2) is 16.4 Å². The van der Waals surface area contributed by atoms with Crippen molar-refractivity contribution in [3.8, 4) is 5.75 Å². The highest BCUT2D eigenvalue weighted by molar-refractivity contribution is 7.90. The molecule has 1 amide bonds. The van der Waals surface area contributed by atoms with Crippen molar-refractivity contribution in [2.45, 2.75) is 25.2 Å². The maximum absolute atomic E-state index is 12.7. The molecule has 0 unspecified atom stereocenters. The molecule has 0 atom stereocenters. The Morgan fingerprint density at radius 2 is 1.85 bits per heavy atom. The SMILES string of the molecule is CCc1ccc(S(C)(=O)=O)cc1C(=O)Nc1ccc(OCC(=O)O)cc1C. The van der Waals surface area contributed by atoms with Gasteiger partial charge >= 0.3 is 5.97 Å². The van der Waals surface area contributed by atoms with Crippen LogP contribution < -0.4 is 10.1 Å². The van der Waals surface area contributed by atoms with Crippen molar-refractivity contribution in [2.24, 2.45) is 0 Å². The van der Waals surface area contributed by atoms with Gasteiger partial charge in [-0.25, -0.2) is 13.2 Å². The van der Waals surface area contributed by atoms with E-state index in [1.54, 1.807) is 31.2 Å². The fourth-order valence-electron chi connectivity index (χ4n) is 2.51. The lowest BCUT2D eigenvalue weighted by Gasteiger charge is -2.13. The highest BCUT2D eigenvalue weighted by Gasteiger charge is 2.16. The number of carboxylic acids is 1. The molecular formula is C19H21NO6S. The molecule has 2 aromatic carbocycles. The maximum atomic E-state index is 12.7. The van der Waals surface area contributed by atoms with E-state index < -0.39 is 28.3 Å². The molecule has 8 heteroatoms. The number of carbonyl (C=O) groups is 2. The zero-order chi connectivity index (χ0) is 20.2. The molecule has 0 saturated carbocycles. The predicted octanol–water partition coefficient (Wildman–Crippen LogP) is 2.68. The van der Waals surface area contributed by atoms with Crippen LogP contribution in [-0.2, 0) is 21.1 Å². The lowest BCUT2D eigenvalue weighted by molar-refractivity contribution is -0.139. The van der Waals surface area contributed by atoms with E-state index in [1.165, 1.54) is 12.1 Å². The highest BCUT2D eigenvalue weighted by atomic mass is 32.2. The van der Waals surface area contributed by atoms with Crippen molar-refractivity contribution in [1.29, 1.82) is 0 Å². The molecular weight excluding hydrogens is 370 g/mol. The van der Waals surface area contributed by atoms with Gasteiger partial charge in [-0.05, 0) is 54.8 Å². The van der Waals surface area contributed by atoms with Crippen molar-refractivity contribution in [3.63, 3.8) is 0 Å². The Morgan fingerprint density at radius 3 is 2.41 bits per heavy atom. The number of carbonyl (C=O) groups excluding carboxylic acids is 1. The first kappa shape index (κ1) is 20.4. The number of aliphatic carboxylic acids is 1. The molecule has 0 aliphatic heterocycles. The van der Waals surface area contributed by atoms with Crippen LogP contribution in [0.3, 0.4) is 0 Å². The summed E-state index contributed by atoms with van der Waals surface area (Å²) in [4.78, 5) is 23.4. The number of ether oxygens (including phenoxy) is 1. The third kappa shape index (κ3) is 5.30. The summed E-state index contributed by atoms with van der Waals surface area (Å²) in [6.45, 7) is 3.17. The number of aryl methyl sites for hydroxylation is 2. The minimum absolute atomic E-state index is 0.0824. The van der Waals surface area contributed by atoms with Crippen molar-refractivity contribution in [1.82, 2.24) is 0 Å². The van der Waals surface area contributed by atoms with E-state index >= 15 is 0 Å². The largest absolute Gasteiger partial charge is 0.482 e. The van der Waals surface area contributed by atoms with E-state index in [-0.39, 0.29) is 4.90 Å². The third-order valence-electron chi connectivity index (χ3n) is 3.94. The molecule has 0 spiro atoms. The number of sulfone groups is 1. The molecule has 2 aromatic rings. The van der Waals surface area contributed by atoms with Crippen molar-refractivity contribution >= 4 is 27.4 Å². The van der Waals surface area contributed by atoms with Gasteiger partial charge in [-0.2, -0.15) is 0 Å². The summed E-state index contributed by atoms with van der Waals surface area (Å²) in [7, 11) is -3.43. The number of anilines is 1. The summed E-state index contributed by atoms with van der Waals surface area (Å²) in [6, 6.07) is 9.29. The molecule has 144 valence electrons. The summed E-state index contributed by atoms with van der Waals surface area (Å²) in [5.74, 6) is -1.12. The van der Waals surface area contributed by atoms with Gasteiger partial charge in [0.05, 0.1) is 4.90 Å². The zero-order valence-corrected chi connectivity index (χ0v) is 16.1. The van der Waals surface area contributed by atoms with E-state index in [0.29, 0.717) is 29.0 Å². The van der Waals surface area contributed by atoms with Crippen LogP contribution in [0.25, 0.3) is 0 Å². The molecule has 0 fully saturated rings. The predicted molar refractivity (Wildman–Crippen MR) is 101 cm³/mol. The molecule has 0 radical (unpaired) electrons. The van der Waals surface area contributed by atoms with Crippen molar-refractivity contribution in [2.75, 3.05) is 18.2 Å². The molecule has 7 nitrogen and oxygen atoms in total. The zero-order valence-electron chi connectivity index (χ0n) is 15.3. The van der Waals surface area contributed by atoms with Gasteiger partial charge in [0.1, 0.15) is 5.75 Å². The number of hydrogen-bond donors (Lipinski definition) is 2. The van der Waals surface area contributed by atoms with E-state index in [9.17, 15) is 18.0 Å². The van der Waals surface area contributed by atoms with E-state index in [0.717, 1.165) is 11.8 Å².